The lowest BCUT2D eigenvalue weighted by atomic mass is 10.0. The van der Waals surface area contributed by atoms with Gasteiger partial charge in [-0.05, 0) is 29.8 Å². The number of aryl methyl sites for hydroxylation is 1. The fraction of sp³-hybridized carbons (Fsp3) is 0.133. The Hall–Kier alpha value is -2.04. The van der Waals surface area contributed by atoms with E-state index in [9.17, 15) is 17.6 Å². The molecule has 1 nitrogen and oxygen atoms in total. The van der Waals surface area contributed by atoms with Gasteiger partial charge in [-0.25, -0.2) is 17.6 Å². The maximum Gasteiger partial charge on any atom is 0.189 e. The minimum atomic E-state index is -1.60. The average Bonchev–Trinajstić information content (AvgIpc) is 2.50. The lowest BCUT2D eigenvalue weighted by Crippen LogP contribution is -2.00. The van der Waals surface area contributed by atoms with Gasteiger partial charge in [0.1, 0.15) is 0 Å². The maximum atomic E-state index is 14.0. The molecular formula is C15H9F4NS. The summed E-state index contributed by atoms with van der Waals surface area (Å²) in [6.07, 6.45) is 0.732. The molecule has 0 atom stereocenters. The molecule has 0 spiro atoms. The number of aliphatic imine (C=N–C) groups is 1. The molecule has 0 aliphatic heterocycles. The van der Waals surface area contributed by atoms with E-state index in [-0.39, 0.29) is 5.56 Å². The first-order valence-corrected chi connectivity index (χ1v) is 6.45. The molecule has 108 valence electrons. The second kappa shape index (κ2) is 6.16. The molecule has 6 heteroatoms. The average molecular weight is 311 g/mol. The van der Waals surface area contributed by atoms with Gasteiger partial charge in [0.2, 0.25) is 0 Å². The van der Waals surface area contributed by atoms with Gasteiger partial charge in [-0.3, -0.25) is 0 Å². The summed E-state index contributed by atoms with van der Waals surface area (Å²) in [6.45, 7) is 1.91. The zero-order chi connectivity index (χ0) is 15.6. The van der Waals surface area contributed by atoms with Gasteiger partial charge in [0.05, 0.1) is 10.7 Å². The molecule has 0 aliphatic carbocycles. The van der Waals surface area contributed by atoms with Gasteiger partial charge < -0.3 is 0 Å². The summed E-state index contributed by atoms with van der Waals surface area (Å²) in [4.78, 5) is 3.02. The van der Waals surface area contributed by atoms with Gasteiger partial charge in [-0.2, -0.15) is 4.99 Å². The third kappa shape index (κ3) is 2.73. The van der Waals surface area contributed by atoms with Crippen molar-refractivity contribution >= 4 is 23.1 Å². The molecule has 2 rings (SSSR count). The quantitative estimate of drug-likeness (QED) is 0.328. The molecule has 0 fully saturated rings. The molecule has 0 unspecified atom stereocenters. The number of isothiocyanates is 1. The van der Waals surface area contributed by atoms with Crippen molar-refractivity contribution in [2.75, 3.05) is 0 Å². The highest BCUT2D eigenvalue weighted by atomic mass is 32.1. The van der Waals surface area contributed by atoms with Crippen molar-refractivity contribution in [3.05, 3.63) is 53.1 Å². The van der Waals surface area contributed by atoms with E-state index in [1.54, 1.807) is 17.3 Å². The van der Waals surface area contributed by atoms with E-state index in [0.29, 0.717) is 0 Å². The number of rotatable bonds is 3. The normalized spacial score (nSPS) is 10.3. The van der Waals surface area contributed by atoms with Crippen LogP contribution in [-0.2, 0) is 6.42 Å². The molecule has 0 aliphatic rings. The van der Waals surface area contributed by atoms with E-state index in [0.717, 1.165) is 12.0 Å². The van der Waals surface area contributed by atoms with Crippen LogP contribution in [0.2, 0.25) is 0 Å². The SMILES string of the molecule is CCc1ccc(-c2c(F)c(F)c(N=C=S)c(F)c2F)cc1. The van der Waals surface area contributed by atoms with Crippen LogP contribution in [0.4, 0.5) is 23.2 Å². The van der Waals surface area contributed by atoms with Crippen LogP contribution >= 0.6 is 12.2 Å². The lowest BCUT2D eigenvalue weighted by Gasteiger charge is -2.09. The summed E-state index contributed by atoms with van der Waals surface area (Å²) in [5.41, 5.74) is -0.912. The van der Waals surface area contributed by atoms with Crippen LogP contribution in [-0.4, -0.2) is 5.16 Å². The van der Waals surface area contributed by atoms with E-state index in [1.165, 1.54) is 12.1 Å². The first-order valence-electron chi connectivity index (χ1n) is 6.04. The Kier molecular flexibility index (Phi) is 4.50. The molecular weight excluding hydrogens is 302 g/mol. The van der Waals surface area contributed by atoms with E-state index in [4.69, 9.17) is 0 Å². The van der Waals surface area contributed by atoms with Crippen LogP contribution in [0.5, 0.6) is 0 Å². The Labute approximate surface area is 123 Å². The van der Waals surface area contributed by atoms with Gasteiger partial charge >= 0.3 is 0 Å². The number of thiocarbonyl (C=S) groups is 1. The standard InChI is InChI=1S/C15H9F4NS/c1-2-8-3-5-9(6-4-8)10-11(16)13(18)15(20-7-21)14(19)12(10)17/h3-6H,2H2,1H3. The van der Waals surface area contributed by atoms with Crippen molar-refractivity contribution in [2.24, 2.45) is 4.99 Å². The summed E-state index contributed by atoms with van der Waals surface area (Å²) < 4.78 is 55.5. The third-order valence-corrected chi connectivity index (χ3v) is 3.14. The topological polar surface area (TPSA) is 12.4 Å². The van der Waals surface area contributed by atoms with Crippen molar-refractivity contribution in [1.29, 1.82) is 0 Å². The van der Waals surface area contributed by atoms with Crippen molar-refractivity contribution < 1.29 is 17.6 Å². The fourth-order valence-corrected chi connectivity index (χ4v) is 2.02. The number of halogens is 4. The minimum Gasteiger partial charge on any atom is -0.203 e. The van der Waals surface area contributed by atoms with Gasteiger partial charge in [0.15, 0.2) is 29.0 Å². The van der Waals surface area contributed by atoms with E-state index >= 15 is 0 Å². The predicted molar refractivity (Wildman–Crippen MR) is 75.8 cm³/mol. The van der Waals surface area contributed by atoms with Gasteiger partial charge in [0, 0.05) is 0 Å². The van der Waals surface area contributed by atoms with Crippen LogP contribution in [0.3, 0.4) is 0 Å². The molecule has 0 heterocycles. The Morgan fingerprint density at radius 2 is 1.48 bits per heavy atom. The van der Waals surface area contributed by atoms with Gasteiger partial charge in [0.25, 0.3) is 0 Å². The largest absolute Gasteiger partial charge is 0.203 e. The summed E-state index contributed by atoms with van der Waals surface area (Å²) in [7, 11) is 0. The number of nitrogens with zero attached hydrogens (tertiary/aromatic N) is 1. The molecule has 0 saturated carbocycles. The van der Waals surface area contributed by atoms with E-state index < -0.39 is 34.5 Å². The molecule has 0 bridgehead atoms. The minimum absolute atomic E-state index is 0.0397. The summed E-state index contributed by atoms with van der Waals surface area (Å²) in [5.74, 6) is -6.22. The molecule has 0 aromatic heterocycles. The smallest absolute Gasteiger partial charge is 0.189 e. The van der Waals surface area contributed by atoms with Crippen molar-refractivity contribution in [3.8, 4) is 11.1 Å². The van der Waals surface area contributed by atoms with E-state index in [1.807, 2.05) is 6.92 Å². The molecule has 2 aromatic rings. The van der Waals surface area contributed by atoms with Crippen molar-refractivity contribution in [3.63, 3.8) is 0 Å². The molecule has 0 saturated heterocycles. The highest BCUT2D eigenvalue weighted by molar-refractivity contribution is 7.78. The van der Waals surface area contributed by atoms with Crippen LogP contribution in [0, 0.1) is 23.3 Å². The molecule has 0 radical (unpaired) electrons. The molecule has 0 N–H and O–H groups in total. The zero-order valence-electron chi connectivity index (χ0n) is 10.9. The second-order valence-corrected chi connectivity index (χ2v) is 4.42. The first-order chi connectivity index (χ1) is 10.0. The Morgan fingerprint density at radius 1 is 0.952 bits per heavy atom. The monoisotopic (exact) mass is 311 g/mol. The summed E-state index contributed by atoms with van der Waals surface area (Å²) in [5, 5.41) is 1.69. The number of hydrogen-bond acceptors (Lipinski definition) is 2. The van der Waals surface area contributed by atoms with Crippen LogP contribution in [0.15, 0.2) is 29.3 Å². The Balaban J connectivity index is 2.72. The van der Waals surface area contributed by atoms with Crippen molar-refractivity contribution in [1.82, 2.24) is 0 Å². The van der Waals surface area contributed by atoms with Gasteiger partial charge in [-0.1, -0.05) is 31.2 Å². The number of hydrogen-bond donors (Lipinski definition) is 0. The zero-order valence-corrected chi connectivity index (χ0v) is 11.7. The highest BCUT2D eigenvalue weighted by Crippen LogP contribution is 2.35. The molecule has 2 aromatic carbocycles. The summed E-state index contributed by atoms with van der Waals surface area (Å²) in [6, 6.07) is 6.07. The predicted octanol–water partition coefficient (Wildman–Crippen LogP) is 5.21. The fourth-order valence-electron chi connectivity index (χ4n) is 1.92. The second-order valence-electron chi connectivity index (χ2n) is 4.23. The summed E-state index contributed by atoms with van der Waals surface area (Å²) >= 11 is 4.20. The highest BCUT2D eigenvalue weighted by Gasteiger charge is 2.26. The van der Waals surface area contributed by atoms with Crippen LogP contribution in [0.25, 0.3) is 11.1 Å². The lowest BCUT2D eigenvalue weighted by molar-refractivity contribution is 0.462. The Morgan fingerprint density at radius 3 is 1.90 bits per heavy atom. The third-order valence-electron chi connectivity index (χ3n) is 3.05. The molecule has 21 heavy (non-hydrogen) atoms. The van der Waals surface area contributed by atoms with Crippen LogP contribution < -0.4 is 0 Å². The first kappa shape index (κ1) is 15.4. The van der Waals surface area contributed by atoms with Crippen molar-refractivity contribution in [2.45, 2.75) is 13.3 Å². The van der Waals surface area contributed by atoms with Gasteiger partial charge in [-0.15, -0.1) is 0 Å². The Bertz CT molecular complexity index is 705. The number of benzene rings is 2. The maximum absolute atomic E-state index is 14.0. The van der Waals surface area contributed by atoms with E-state index in [2.05, 4.69) is 17.2 Å². The van der Waals surface area contributed by atoms with Crippen LogP contribution in [0.1, 0.15) is 12.5 Å². The molecule has 0 amide bonds.